The Labute approximate surface area is 80.2 Å². The second-order valence-corrected chi connectivity index (χ2v) is 3.99. The quantitative estimate of drug-likeness (QED) is 0.696. The van der Waals surface area contributed by atoms with Crippen LogP contribution in [0.1, 0.15) is 12.8 Å². The highest BCUT2D eigenvalue weighted by Gasteiger charge is 2.26. The third kappa shape index (κ3) is 2.68. The van der Waals surface area contributed by atoms with E-state index in [1.54, 1.807) is 0 Å². The Morgan fingerprint density at radius 1 is 1.75 bits per heavy atom. The first-order valence-electron chi connectivity index (χ1n) is 3.76. The van der Waals surface area contributed by atoms with Gasteiger partial charge in [0.25, 0.3) is 0 Å². The molecule has 0 bridgehead atoms. The van der Waals surface area contributed by atoms with Crippen molar-refractivity contribution >= 4 is 34.4 Å². The minimum absolute atomic E-state index is 0.0675. The van der Waals surface area contributed by atoms with Gasteiger partial charge in [-0.2, -0.15) is 0 Å². The van der Waals surface area contributed by atoms with Crippen LogP contribution in [0, 0.1) is 0 Å². The molecule has 0 saturated carbocycles. The molecule has 0 spiro atoms. The van der Waals surface area contributed by atoms with Crippen LogP contribution in [0.4, 0.5) is 0 Å². The van der Waals surface area contributed by atoms with E-state index in [0.717, 1.165) is 12.2 Å². The summed E-state index contributed by atoms with van der Waals surface area (Å²) in [7, 11) is 0. The van der Waals surface area contributed by atoms with Crippen LogP contribution in [0.3, 0.4) is 0 Å². The van der Waals surface area contributed by atoms with Crippen LogP contribution in [0.15, 0.2) is 0 Å². The lowest BCUT2D eigenvalue weighted by Crippen LogP contribution is -2.37. The number of alkyl halides is 1. The summed E-state index contributed by atoms with van der Waals surface area (Å²) < 4.78 is 0. The smallest absolute Gasteiger partial charge is 0.221 e. The van der Waals surface area contributed by atoms with E-state index in [-0.39, 0.29) is 23.5 Å². The third-order valence-corrected chi connectivity index (χ3v) is 2.79. The van der Waals surface area contributed by atoms with Crippen molar-refractivity contribution in [2.75, 3.05) is 11.6 Å². The zero-order valence-electron chi connectivity index (χ0n) is 6.51. The van der Waals surface area contributed by atoms with Gasteiger partial charge in [-0.25, -0.2) is 0 Å². The molecule has 12 heavy (non-hydrogen) atoms. The summed E-state index contributed by atoms with van der Waals surface area (Å²) in [6.07, 6.45) is 1.04. The van der Waals surface area contributed by atoms with E-state index in [2.05, 4.69) is 5.32 Å². The fraction of sp³-hybridized carbons (Fsp3) is 0.714. The highest BCUT2D eigenvalue weighted by atomic mass is 35.5. The Kier molecular flexibility index (Phi) is 3.88. The Morgan fingerprint density at radius 3 is 3.00 bits per heavy atom. The molecule has 1 atom stereocenters. The molecule has 1 saturated heterocycles. The van der Waals surface area contributed by atoms with Crippen LogP contribution >= 0.6 is 23.4 Å². The number of hydrogen-bond donors (Lipinski definition) is 1. The number of thioether (sulfide) groups is 1. The van der Waals surface area contributed by atoms with Crippen LogP contribution in [-0.4, -0.2) is 28.7 Å². The highest BCUT2D eigenvalue weighted by Crippen LogP contribution is 2.19. The minimum atomic E-state index is -0.272. The van der Waals surface area contributed by atoms with E-state index in [1.807, 2.05) is 0 Å². The largest absolute Gasteiger partial charge is 0.345 e. The van der Waals surface area contributed by atoms with E-state index >= 15 is 0 Å². The van der Waals surface area contributed by atoms with E-state index < -0.39 is 0 Å². The van der Waals surface area contributed by atoms with E-state index in [4.69, 9.17) is 11.6 Å². The first-order valence-corrected chi connectivity index (χ1v) is 5.28. The Bertz CT molecular complexity index is 198. The summed E-state index contributed by atoms with van der Waals surface area (Å²) in [4.78, 5) is 22.0. The zero-order valence-corrected chi connectivity index (χ0v) is 8.08. The van der Waals surface area contributed by atoms with Gasteiger partial charge in [-0.1, -0.05) is 11.8 Å². The van der Waals surface area contributed by atoms with Crippen LogP contribution in [0.2, 0.25) is 0 Å². The molecular weight excluding hydrogens is 198 g/mol. The summed E-state index contributed by atoms with van der Waals surface area (Å²) in [6.45, 7) is 0. The number of carbonyl (C=O) groups excluding carboxylic acids is 2. The molecule has 68 valence electrons. The van der Waals surface area contributed by atoms with Gasteiger partial charge in [0, 0.05) is 18.1 Å². The molecule has 1 heterocycles. The fourth-order valence-corrected chi connectivity index (χ4v) is 2.08. The molecule has 1 N–H and O–H groups in total. The highest BCUT2D eigenvalue weighted by molar-refractivity contribution is 8.14. The molecule has 0 aromatic carbocycles. The predicted molar refractivity (Wildman–Crippen MR) is 49.3 cm³/mol. The molecule has 0 aromatic heterocycles. The van der Waals surface area contributed by atoms with Crippen molar-refractivity contribution in [3.63, 3.8) is 0 Å². The van der Waals surface area contributed by atoms with E-state index in [0.29, 0.717) is 5.88 Å². The van der Waals surface area contributed by atoms with Gasteiger partial charge in [0.15, 0.2) is 0 Å². The van der Waals surface area contributed by atoms with E-state index in [9.17, 15) is 9.59 Å². The van der Waals surface area contributed by atoms with Gasteiger partial charge in [0.05, 0.1) is 6.04 Å². The lowest BCUT2D eigenvalue weighted by molar-refractivity contribution is -0.124. The molecular formula is C7H10ClNO2S. The van der Waals surface area contributed by atoms with Crippen LogP contribution in [0.5, 0.6) is 0 Å². The molecule has 1 fully saturated rings. The first-order chi connectivity index (χ1) is 5.74. The minimum Gasteiger partial charge on any atom is -0.345 e. The van der Waals surface area contributed by atoms with Crippen molar-refractivity contribution < 1.29 is 9.59 Å². The Hall–Kier alpha value is -0.220. The van der Waals surface area contributed by atoms with Crippen molar-refractivity contribution in [3.05, 3.63) is 0 Å². The van der Waals surface area contributed by atoms with Gasteiger partial charge >= 0.3 is 0 Å². The van der Waals surface area contributed by atoms with E-state index in [1.165, 1.54) is 11.8 Å². The molecule has 1 aliphatic heterocycles. The van der Waals surface area contributed by atoms with Gasteiger partial charge in [-0.15, -0.1) is 11.6 Å². The maximum atomic E-state index is 11.0. The maximum Gasteiger partial charge on any atom is 0.221 e. The SMILES string of the molecule is O=C(CCCl)N[C@@H]1CCSC1=O. The molecule has 0 aliphatic carbocycles. The van der Waals surface area contributed by atoms with Gasteiger partial charge in [0.1, 0.15) is 0 Å². The first kappa shape index (κ1) is 9.86. The summed E-state index contributed by atoms with van der Waals surface area (Å²) in [5.74, 6) is 0.982. The number of rotatable bonds is 3. The monoisotopic (exact) mass is 207 g/mol. The van der Waals surface area contributed by atoms with Crippen LogP contribution in [-0.2, 0) is 9.59 Å². The normalized spacial score (nSPS) is 22.8. The molecule has 3 nitrogen and oxygen atoms in total. The average Bonchev–Trinajstić information content (AvgIpc) is 2.37. The third-order valence-electron chi connectivity index (χ3n) is 1.59. The lowest BCUT2D eigenvalue weighted by Gasteiger charge is -2.08. The van der Waals surface area contributed by atoms with Gasteiger partial charge in [0.2, 0.25) is 11.0 Å². The lowest BCUT2D eigenvalue weighted by atomic mass is 10.2. The Balaban J connectivity index is 2.30. The number of carbonyl (C=O) groups is 2. The topological polar surface area (TPSA) is 46.2 Å². The summed E-state index contributed by atoms with van der Waals surface area (Å²) in [5.41, 5.74) is 0. The van der Waals surface area contributed by atoms with Crippen molar-refractivity contribution in [2.45, 2.75) is 18.9 Å². The van der Waals surface area contributed by atoms with Gasteiger partial charge in [-0.3, -0.25) is 9.59 Å². The maximum absolute atomic E-state index is 11.0. The summed E-state index contributed by atoms with van der Waals surface area (Å²) >= 11 is 6.65. The predicted octanol–water partition coefficient (Wildman–Crippen LogP) is 0.764. The summed E-state index contributed by atoms with van der Waals surface area (Å²) in [5, 5.41) is 2.70. The van der Waals surface area contributed by atoms with Crippen LogP contribution in [0.25, 0.3) is 0 Å². The molecule has 0 aromatic rings. The molecule has 0 radical (unpaired) electrons. The van der Waals surface area contributed by atoms with Gasteiger partial charge < -0.3 is 5.32 Å². The van der Waals surface area contributed by atoms with Crippen LogP contribution < -0.4 is 5.32 Å². The fourth-order valence-electron chi connectivity index (χ4n) is 0.979. The Morgan fingerprint density at radius 2 is 2.50 bits per heavy atom. The number of halogens is 1. The summed E-state index contributed by atoms with van der Waals surface area (Å²) in [6, 6.07) is -0.272. The average molecular weight is 208 g/mol. The molecule has 5 heteroatoms. The second kappa shape index (κ2) is 4.72. The molecule has 1 amide bonds. The number of amides is 1. The van der Waals surface area contributed by atoms with Crippen molar-refractivity contribution in [3.8, 4) is 0 Å². The number of nitrogens with one attached hydrogen (secondary N) is 1. The van der Waals surface area contributed by atoms with Crippen molar-refractivity contribution in [2.24, 2.45) is 0 Å². The standard InChI is InChI=1S/C7H10ClNO2S/c8-3-1-6(10)9-5-2-4-12-7(5)11/h5H,1-4H2,(H,9,10)/t5-/m1/s1. The molecule has 1 rings (SSSR count). The van der Waals surface area contributed by atoms with Crippen molar-refractivity contribution in [1.29, 1.82) is 0 Å². The zero-order chi connectivity index (χ0) is 8.97. The second-order valence-electron chi connectivity index (χ2n) is 2.52. The molecule has 0 unspecified atom stereocenters. The van der Waals surface area contributed by atoms with Crippen molar-refractivity contribution in [1.82, 2.24) is 5.32 Å². The number of hydrogen-bond acceptors (Lipinski definition) is 3. The van der Waals surface area contributed by atoms with Gasteiger partial charge in [-0.05, 0) is 6.42 Å². The molecule has 1 aliphatic rings.